The molecule has 0 aliphatic carbocycles. The second kappa shape index (κ2) is 8.41. The molecule has 104 valence electrons. The Hall–Kier alpha value is -1.70. The first-order chi connectivity index (χ1) is 8.84. The van der Waals surface area contributed by atoms with Crippen LogP contribution in [0.3, 0.4) is 0 Å². The molecule has 1 atom stereocenters. The maximum absolute atomic E-state index is 13.5. The maximum atomic E-state index is 13.5. The van der Waals surface area contributed by atoms with Gasteiger partial charge in [0, 0.05) is 5.57 Å². The Morgan fingerprint density at radius 2 is 1.74 bits per heavy atom. The van der Waals surface area contributed by atoms with Gasteiger partial charge in [-0.15, -0.1) is 0 Å². The summed E-state index contributed by atoms with van der Waals surface area (Å²) in [5, 5.41) is 0. The van der Waals surface area contributed by atoms with Crippen molar-refractivity contribution in [3.63, 3.8) is 0 Å². The summed E-state index contributed by atoms with van der Waals surface area (Å²) in [5.74, 6) is -1.71. The Kier molecular flexibility index (Phi) is 7.66. The van der Waals surface area contributed by atoms with Crippen LogP contribution in [-0.4, -0.2) is 0 Å². The molecular weight excluding hydrogens is 242 g/mol. The van der Waals surface area contributed by atoms with E-state index in [0.717, 1.165) is 24.5 Å². The molecule has 0 aliphatic heterocycles. The summed E-state index contributed by atoms with van der Waals surface area (Å²) in [6, 6.07) is 0. The van der Waals surface area contributed by atoms with Crippen LogP contribution in [0.25, 0.3) is 0 Å². The van der Waals surface area contributed by atoms with Gasteiger partial charge < -0.3 is 0 Å². The minimum Gasteiger partial charge on any atom is -0.204 e. The first-order valence-corrected chi connectivity index (χ1v) is 6.28. The van der Waals surface area contributed by atoms with E-state index in [2.05, 4.69) is 40.2 Å². The molecule has 0 aliphatic rings. The van der Waals surface area contributed by atoms with Gasteiger partial charge in [0.2, 0.25) is 0 Å². The molecule has 0 rings (SSSR count). The summed E-state index contributed by atoms with van der Waals surface area (Å²) in [5.41, 5.74) is 1.17. The summed E-state index contributed by atoms with van der Waals surface area (Å²) in [6.07, 6.45) is 6.29. The van der Waals surface area contributed by atoms with Crippen molar-refractivity contribution in [3.05, 3.63) is 72.9 Å². The molecule has 1 unspecified atom stereocenters. The zero-order chi connectivity index (χ0) is 15.0. The Morgan fingerprint density at radius 1 is 1.16 bits per heavy atom. The lowest BCUT2D eigenvalue weighted by molar-refractivity contribution is 0.567. The Bertz CT molecular complexity index is 436. The predicted molar refractivity (Wildman–Crippen MR) is 80.1 cm³/mol. The van der Waals surface area contributed by atoms with Crippen LogP contribution >= 0.6 is 0 Å². The molecule has 0 radical (unpaired) electrons. The lowest BCUT2D eigenvalue weighted by atomic mass is 9.96. The second-order valence-electron chi connectivity index (χ2n) is 4.47. The van der Waals surface area contributed by atoms with Crippen LogP contribution in [0, 0.1) is 5.92 Å². The fraction of sp³-hybridized carbons (Fsp3) is 0.294. The third kappa shape index (κ3) is 5.64. The highest BCUT2D eigenvalue weighted by atomic mass is 19.2. The second-order valence-corrected chi connectivity index (χ2v) is 4.47. The molecule has 2 heteroatoms. The van der Waals surface area contributed by atoms with Gasteiger partial charge in [-0.05, 0) is 24.0 Å². The lowest BCUT2D eigenvalue weighted by Crippen LogP contribution is -1.95. The smallest absolute Gasteiger partial charge is 0.165 e. The van der Waals surface area contributed by atoms with E-state index in [1.165, 1.54) is 0 Å². The van der Waals surface area contributed by atoms with Crippen molar-refractivity contribution in [2.45, 2.75) is 26.7 Å². The average molecular weight is 264 g/mol. The fourth-order valence-electron chi connectivity index (χ4n) is 1.47. The van der Waals surface area contributed by atoms with Crippen molar-refractivity contribution in [2.75, 3.05) is 0 Å². The van der Waals surface area contributed by atoms with E-state index in [9.17, 15) is 8.78 Å². The molecule has 0 amide bonds. The maximum Gasteiger partial charge on any atom is 0.165 e. The monoisotopic (exact) mass is 264 g/mol. The van der Waals surface area contributed by atoms with Gasteiger partial charge in [-0.2, -0.15) is 0 Å². The van der Waals surface area contributed by atoms with Gasteiger partial charge in [0.25, 0.3) is 0 Å². The van der Waals surface area contributed by atoms with Gasteiger partial charge in [-0.25, -0.2) is 8.78 Å². The molecule has 0 fully saturated rings. The first-order valence-electron chi connectivity index (χ1n) is 6.28. The lowest BCUT2D eigenvalue weighted by Gasteiger charge is -2.10. The SMILES string of the molecule is C=C/C(F)=C(/F)C(=C)C(=C)/C=C\C(=C)C(C)CCC. The van der Waals surface area contributed by atoms with Gasteiger partial charge in [-0.1, -0.05) is 64.3 Å². The number of hydrogen-bond acceptors (Lipinski definition) is 0. The topological polar surface area (TPSA) is 0 Å². The van der Waals surface area contributed by atoms with Crippen LogP contribution in [0.1, 0.15) is 26.7 Å². The molecule has 0 aromatic heterocycles. The molecule has 0 spiro atoms. The highest BCUT2D eigenvalue weighted by Crippen LogP contribution is 2.24. The molecule has 0 bridgehead atoms. The van der Waals surface area contributed by atoms with Gasteiger partial charge in [0.15, 0.2) is 11.7 Å². The van der Waals surface area contributed by atoms with Gasteiger partial charge in [0.05, 0.1) is 0 Å². The van der Waals surface area contributed by atoms with Crippen molar-refractivity contribution in [1.29, 1.82) is 0 Å². The summed E-state index contributed by atoms with van der Waals surface area (Å²) in [4.78, 5) is 0. The van der Waals surface area contributed by atoms with E-state index in [0.29, 0.717) is 11.5 Å². The Morgan fingerprint density at radius 3 is 2.21 bits per heavy atom. The van der Waals surface area contributed by atoms with Crippen molar-refractivity contribution in [3.8, 4) is 0 Å². The highest BCUT2D eigenvalue weighted by molar-refractivity contribution is 5.48. The van der Waals surface area contributed by atoms with Crippen LogP contribution in [0.5, 0.6) is 0 Å². The van der Waals surface area contributed by atoms with E-state index in [1.54, 1.807) is 12.2 Å². The number of allylic oxidation sites excluding steroid dienone is 8. The van der Waals surface area contributed by atoms with E-state index in [-0.39, 0.29) is 5.57 Å². The van der Waals surface area contributed by atoms with Crippen LogP contribution in [-0.2, 0) is 0 Å². The summed E-state index contributed by atoms with van der Waals surface area (Å²) >= 11 is 0. The van der Waals surface area contributed by atoms with Crippen molar-refractivity contribution >= 4 is 0 Å². The molecule has 0 N–H and O–H groups in total. The van der Waals surface area contributed by atoms with Gasteiger partial charge >= 0.3 is 0 Å². The number of halogens is 2. The molecule has 0 saturated carbocycles. The minimum atomic E-state index is -1.03. The third-order valence-electron chi connectivity index (χ3n) is 2.89. The third-order valence-corrected chi connectivity index (χ3v) is 2.89. The molecule has 0 aromatic rings. The first kappa shape index (κ1) is 17.3. The fourth-order valence-corrected chi connectivity index (χ4v) is 1.47. The van der Waals surface area contributed by atoms with Crippen LogP contribution < -0.4 is 0 Å². The normalized spacial score (nSPS) is 13.9. The van der Waals surface area contributed by atoms with E-state index < -0.39 is 11.7 Å². The molecule has 0 nitrogen and oxygen atoms in total. The molecular formula is C17H22F2. The summed E-state index contributed by atoms with van der Waals surface area (Å²) in [7, 11) is 0. The Labute approximate surface area is 115 Å². The molecule has 19 heavy (non-hydrogen) atoms. The van der Waals surface area contributed by atoms with E-state index >= 15 is 0 Å². The zero-order valence-electron chi connectivity index (χ0n) is 11.8. The zero-order valence-corrected chi connectivity index (χ0v) is 11.8. The van der Waals surface area contributed by atoms with Gasteiger partial charge in [0.1, 0.15) is 0 Å². The van der Waals surface area contributed by atoms with Crippen molar-refractivity contribution < 1.29 is 8.78 Å². The molecule has 0 aromatic carbocycles. The number of rotatable bonds is 8. The number of hydrogen-bond donors (Lipinski definition) is 0. The molecule has 0 saturated heterocycles. The summed E-state index contributed by atoms with van der Waals surface area (Å²) < 4.78 is 26.5. The highest BCUT2D eigenvalue weighted by Gasteiger charge is 2.09. The van der Waals surface area contributed by atoms with E-state index in [4.69, 9.17) is 0 Å². The van der Waals surface area contributed by atoms with Crippen molar-refractivity contribution in [1.82, 2.24) is 0 Å². The predicted octanol–water partition coefficient (Wildman–Crippen LogP) is 5.98. The standard InChI is InChI=1S/C17H22F2/c1-7-9-12(3)13(4)10-11-14(5)15(6)17(19)16(18)8-2/h8,10-12H,2,4-7,9H2,1,3H3/b11-10-,17-16-. The molecule has 0 heterocycles. The average Bonchev–Trinajstić information content (AvgIpc) is 2.41. The van der Waals surface area contributed by atoms with Crippen LogP contribution in [0.4, 0.5) is 8.78 Å². The van der Waals surface area contributed by atoms with Crippen molar-refractivity contribution in [2.24, 2.45) is 5.92 Å². The Balaban J connectivity index is 4.75. The van der Waals surface area contributed by atoms with Crippen LogP contribution in [0.2, 0.25) is 0 Å². The largest absolute Gasteiger partial charge is 0.204 e. The quantitative estimate of drug-likeness (QED) is 0.473. The van der Waals surface area contributed by atoms with E-state index in [1.807, 2.05) is 0 Å². The summed E-state index contributed by atoms with van der Waals surface area (Å²) in [6.45, 7) is 18.4. The van der Waals surface area contributed by atoms with Gasteiger partial charge in [-0.3, -0.25) is 0 Å². The minimum absolute atomic E-state index is 0.0791. The van der Waals surface area contributed by atoms with Crippen LogP contribution in [0.15, 0.2) is 72.9 Å².